The van der Waals surface area contributed by atoms with Crippen LogP contribution < -0.4 is 9.64 Å². The van der Waals surface area contributed by atoms with E-state index in [1.807, 2.05) is 11.0 Å². The van der Waals surface area contributed by atoms with E-state index in [-0.39, 0.29) is 12.2 Å². The summed E-state index contributed by atoms with van der Waals surface area (Å²) < 4.78 is 5.78. The van der Waals surface area contributed by atoms with E-state index in [0.29, 0.717) is 11.3 Å². The van der Waals surface area contributed by atoms with E-state index >= 15 is 0 Å². The zero-order valence-corrected chi connectivity index (χ0v) is 10.4. The van der Waals surface area contributed by atoms with Crippen LogP contribution in [0.4, 0.5) is 5.69 Å². The summed E-state index contributed by atoms with van der Waals surface area (Å²) in [6, 6.07) is 5.24. The van der Waals surface area contributed by atoms with Crippen molar-refractivity contribution in [2.75, 3.05) is 4.90 Å². The number of carboxylic acids is 1. The maximum Gasteiger partial charge on any atom is 0.321 e. The Kier molecular flexibility index (Phi) is 1.38. The number of anilines is 1. The number of rotatable bonds is 1. The topological polar surface area (TPSA) is 66.8 Å². The number of benzene rings is 1. The number of hydrogen-bond acceptors (Lipinski definition) is 5. The number of fused-ring (bicyclic) bond motifs is 1. The van der Waals surface area contributed by atoms with Crippen LogP contribution in [-0.2, 0) is 4.79 Å². The highest BCUT2D eigenvalue weighted by Gasteiger charge is 2.69. The second-order valence-electron chi connectivity index (χ2n) is 5.11. The lowest BCUT2D eigenvalue weighted by Crippen LogP contribution is -2.55. The second-order valence-corrected chi connectivity index (χ2v) is 6.28. The number of carbonyl (C=O) groups is 2. The summed E-state index contributed by atoms with van der Waals surface area (Å²) in [4.78, 5) is 27.2. The molecule has 2 atom stereocenters. The van der Waals surface area contributed by atoms with Crippen LogP contribution in [0, 0.1) is 5.41 Å². The van der Waals surface area contributed by atoms with Gasteiger partial charge in [0.05, 0.1) is 5.69 Å². The van der Waals surface area contributed by atoms with E-state index < -0.39 is 16.8 Å². The Balaban J connectivity index is 1.94. The molecule has 1 aromatic carbocycles. The molecular formula is C13H7NO4S. The standard InChI is InChI=1S/C13H7NO4S/c15-9-5-2-1-3-6-8(5)14-10(18-6)7-4-13(9,12(16)17)11(14)19-7/h1-3,11H,4H2,(H,16,17). The molecule has 4 aliphatic rings. The molecule has 1 aromatic rings. The third kappa shape index (κ3) is 0.797. The molecule has 6 heteroatoms. The lowest BCUT2D eigenvalue weighted by molar-refractivity contribution is -0.145. The van der Waals surface area contributed by atoms with Crippen LogP contribution in [0.1, 0.15) is 16.8 Å². The van der Waals surface area contributed by atoms with Crippen molar-refractivity contribution in [3.05, 3.63) is 34.6 Å². The number of carbonyl (C=O) groups excluding carboxylic acids is 1. The molecule has 2 bridgehead atoms. The fourth-order valence-corrected chi connectivity index (χ4v) is 5.05. The summed E-state index contributed by atoms with van der Waals surface area (Å²) >= 11 is 1.45. The van der Waals surface area contributed by atoms with Crippen molar-refractivity contribution in [1.29, 1.82) is 0 Å². The molecule has 5 rings (SSSR count). The van der Waals surface area contributed by atoms with Gasteiger partial charge in [-0.15, -0.1) is 0 Å². The van der Waals surface area contributed by atoms with Crippen LogP contribution in [-0.4, -0.2) is 22.2 Å². The monoisotopic (exact) mass is 273 g/mol. The Labute approximate surface area is 111 Å². The quantitative estimate of drug-likeness (QED) is 0.787. The van der Waals surface area contributed by atoms with Gasteiger partial charge in [-0.3, -0.25) is 14.5 Å². The average molecular weight is 273 g/mol. The molecule has 19 heavy (non-hydrogen) atoms. The molecule has 4 heterocycles. The molecule has 2 unspecified atom stereocenters. The molecule has 0 radical (unpaired) electrons. The molecule has 1 saturated heterocycles. The minimum Gasteiger partial charge on any atom is -0.480 e. The largest absolute Gasteiger partial charge is 0.480 e. The third-order valence-electron chi connectivity index (χ3n) is 4.28. The highest BCUT2D eigenvalue weighted by atomic mass is 32.2. The lowest BCUT2D eigenvalue weighted by Gasteiger charge is -2.40. The van der Waals surface area contributed by atoms with E-state index in [2.05, 4.69) is 0 Å². The van der Waals surface area contributed by atoms with E-state index in [0.717, 1.165) is 16.5 Å². The molecule has 0 aliphatic carbocycles. The van der Waals surface area contributed by atoms with Gasteiger partial charge in [-0.05, 0) is 12.1 Å². The number of ether oxygens (including phenoxy) is 1. The van der Waals surface area contributed by atoms with Gasteiger partial charge in [-0.25, -0.2) is 0 Å². The Morgan fingerprint density at radius 3 is 3.16 bits per heavy atom. The third-order valence-corrected chi connectivity index (χ3v) is 5.72. The van der Waals surface area contributed by atoms with Crippen molar-refractivity contribution >= 4 is 29.2 Å². The summed E-state index contributed by atoms with van der Waals surface area (Å²) in [6.07, 6.45) is 0.250. The normalized spacial score (nSPS) is 32.1. The predicted octanol–water partition coefficient (Wildman–Crippen LogP) is 1.80. The number of aliphatic carboxylic acids is 1. The minimum atomic E-state index is -1.34. The van der Waals surface area contributed by atoms with Crippen molar-refractivity contribution in [3.63, 3.8) is 0 Å². The number of ketones is 1. The number of carboxylic acid groups (broad SMARTS) is 1. The second kappa shape index (κ2) is 2.65. The smallest absolute Gasteiger partial charge is 0.321 e. The van der Waals surface area contributed by atoms with Gasteiger partial charge in [0.15, 0.2) is 16.9 Å². The summed E-state index contributed by atoms with van der Waals surface area (Å²) in [6.45, 7) is 0. The van der Waals surface area contributed by atoms with Gasteiger partial charge in [-0.2, -0.15) is 0 Å². The first-order chi connectivity index (χ1) is 9.14. The zero-order chi connectivity index (χ0) is 12.9. The summed E-state index contributed by atoms with van der Waals surface area (Å²) in [5.74, 6) is 0.0588. The van der Waals surface area contributed by atoms with Gasteiger partial charge in [0.2, 0.25) is 5.88 Å². The van der Waals surface area contributed by atoms with Crippen molar-refractivity contribution < 1.29 is 19.4 Å². The highest BCUT2D eigenvalue weighted by molar-refractivity contribution is 8.04. The lowest BCUT2D eigenvalue weighted by atomic mass is 9.72. The van der Waals surface area contributed by atoms with Crippen LogP contribution in [0.2, 0.25) is 0 Å². The van der Waals surface area contributed by atoms with E-state index in [4.69, 9.17) is 4.74 Å². The number of Topliss-reactive ketones (excluding diaryl/α,β-unsaturated/α-hetero) is 1. The van der Waals surface area contributed by atoms with Gasteiger partial charge in [-0.1, -0.05) is 17.8 Å². The van der Waals surface area contributed by atoms with Gasteiger partial charge in [0.25, 0.3) is 0 Å². The molecule has 0 spiro atoms. The van der Waals surface area contributed by atoms with Gasteiger partial charge in [0, 0.05) is 16.9 Å². The summed E-state index contributed by atoms with van der Waals surface area (Å²) in [7, 11) is 0. The van der Waals surface area contributed by atoms with Crippen LogP contribution in [0.15, 0.2) is 29.0 Å². The van der Waals surface area contributed by atoms with Crippen molar-refractivity contribution in [2.24, 2.45) is 5.41 Å². The SMILES string of the molecule is O=C(O)C12CC3=C4Oc5cccc(c5N4C1S3)C2=O. The maximum absolute atomic E-state index is 12.7. The van der Waals surface area contributed by atoms with Crippen LogP contribution in [0.3, 0.4) is 0 Å². The molecular weight excluding hydrogens is 266 g/mol. The van der Waals surface area contributed by atoms with Crippen molar-refractivity contribution in [2.45, 2.75) is 11.8 Å². The van der Waals surface area contributed by atoms with Crippen molar-refractivity contribution in [3.8, 4) is 5.75 Å². The number of nitrogens with zero attached hydrogens (tertiary/aromatic N) is 1. The van der Waals surface area contributed by atoms with Gasteiger partial charge < -0.3 is 9.84 Å². The summed E-state index contributed by atoms with van der Waals surface area (Å²) in [5, 5.41) is 9.22. The predicted molar refractivity (Wildman–Crippen MR) is 67.0 cm³/mol. The van der Waals surface area contributed by atoms with Crippen molar-refractivity contribution in [1.82, 2.24) is 0 Å². The fraction of sp³-hybridized carbons (Fsp3) is 0.231. The Bertz CT molecular complexity index is 740. The van der Waals surface area contributed by atoms with Gasteiger partial charge >= 0.3 is 5.97 Å². The van der Waals surface area contributed by atoms with E-state index in [9.17, 15) is 14.7 Å². The first-order valence-corrected chi connectivity index (χ1v) is 6.80. The van der Waals surface area contributed by atoms with Gasteiger partial charge in [0.1, 0.15) is 5.37 Å². The molecule has 1 fully saturated rings. The Morgan fingerprint density at radius 2 is 2.37 bits per heavy atom. The number of allylic oxidation sites excluding steroid dienone is 1. The molecule has 4 aliphatic heterocycles. The molecule has 94 valence electrons. The molecule has 1 N–H and O–H groups in total. The molecule has 0 saturated carbocycles. The van der Waals surface area contributed by atoms with E-state index in [1.54, 1.807) is 12.1 Å². The zero-order valence-electron chi connectivity index (χ0n) is 9.54. The first-order valence-electron chi connectivity index (χ1n) is 5.93. The number of para-hydroxylation sites is 1. The molecule has 0 amide bonds. The first kappa shape index (κ1) is 9.91. The highest BCUT2D eigenvalue weighted by Crippen LogP contribution is 2.67. The van der Waals surface area contributed by atoms with Crippen LogP contribution in [0.25, 0.3) is 0 Å². The van der Waals surface area contributed by atoms with Crippen LogP contribution in [0.5, 0.6) is 5.75 Å². The van der Waals surface area contributed by atoms with Crippen LogP contribution >= 0.6 is 11.8 Å². The minimum absolute atomic E-state index is 0.250. The fourth-order valence-electron chi connectivity index (χ4n) is 3.43. The number of hydrogen-bond donors (Lipinski definition) is 1. The maximum atomic E-state index is 12.7. The molecule has 0 aromatic heterocycles. The number of thioether (sulfide) groups is 1. The Hall–Kier alpha value is -1.95. The Morgan fingerprint density at radius 1 is 1.53 bits per heavy atom. The summed E-state index contributed by atoms with van der Waals surface area (Å²) in [5.41, 5.74) is -0.137. The molecule has 5 nitrogen and oxygen atoms in total. The van der Waals surface area contributed by atoms with E-state index in [1.165, 1.54) is 11.8 Å². The average Bonchev–Trinajstić information content (AvgIpc) is 3.04.